The van der Waals surface area contributed by atoms with E-state index >= 15 is 0 Å². The van der Waals surface area contributed by atoms with Crippen LogP contribution in [0.5, 0.6) is 17.2 Å². The number of ether oxygens (including phenoxy) is 3. The van der Waals surface area contributed by atoms with Crippen molar-refractivity contribution < 1.29 is 19.0 Å². The van der Waals surface area contributed by atoms with E-state index in [4.69, 9.17) is 25.8 Å². The minimum atomic E-state index is -0.638. The summed E-state index contributed by atoms with van der Waals surface area (Å²) in [5.74, 6) is 1.41. The summed E-state index contributed by atoms with van der Waals surface area (Å²) in [6, 6.07) is 12.1. The maximum Gasteiger partial charge on any atom is 0.353 e. The second-order valence-corrected chi connectivity index (χ2v) is 5.10. The first-order chi connectivity index (χ1) is 10.2. The summed E-state index contributed by atoms with van der Waals surface area (Å²) in [6.07, 6.45) is -0.175. The molecule has 0 spiro atoms. The number of hydrogen-bond donors (Lipinski definition) is 0. The molecule has 0 saturated heterocycles. The average molecular weight is 305 g/mol. The molecule has 0 N–H and O–H groups in total. The molecule has 21 heavy (non-hydrogen) atoms. The van der Waals surface area contributed by atoms with Gasteiger partial charge in [0.15, 0.2) is 6.10 Å². The molecule has 0 aromatic heterocycles. The Bertz CT molecular complexity index is 666. The summed E-state index contributed by atoms with van der Waals surface area (Å²) in [4.78, 5) is 12.1. The fourth-order valence-electron chi connectivity index (χ4n) is 2.17. The first kappa shape index (κ1) is 13.8. The Morgan fingerprint density at radius 3 is 2.62 bits per heavy atom. The zero-order valence-electron chi connectivity index (χ0n) is 11.3. The predicted octanol–water partition coefficient (Wildman–Crippen LogP) is 3.26. The van der Waals surface area contributed by atoms with Gasteiger partial charge in [0.25, 0.3) is 0 Å². The Labute approximate surface area is 127 Å². The molecule has 0 fully saturated rings. The fourth-order valence-corrected chi connectivity index (χ4v) is 2.37. The normalized spacial score (nSPS) is 16.0. The Hall–Kier alpha value is -2.20. The van der Waals surface area contributed by atoms with Gasteiger partial charge in [0.05, 0.1) is 7.11 Å². The van der Waals surface area contributed by atoms with Gasteiger partial charge < -0.3 is 14.2 Å². The van der Waals surface area contributed by atoms with Gasteiger partial charge in [-0.15, -0.1) is 0 Å². The smallest absolute Gasteiger partial charge is 0.353 e. The van der Waals surface area contributed by atoms with Crippen molar-refractivity contribution in [2.45, 2.75) is 12.5 Å². The van der Waals surface area contributed by atoms with E-state index in [1.54, 1.807) is 49.6 Å². The minimum absolute atomic E-state index is 0.424. The molecule has 1 aliphatic rings. The predicted molar refractivity (Wildman–Crippen MR) is 78.2 cm³/mol. The maximum atomic E-state index is 12.1. The zero-order chi connectivity index (χ0) is 14.8. The Kier molecular flexibility index (Phi) is 3.71. The van der Waals surface area contributed by atoms with E-state index in [0.717, 1.165) is 5.56 Å². The molecule has 1 aliphatic heterocycles. The van der Waals surface area contributed by atoms with Gasteiger partial charge in [-0.25, -0.2) is 4.79 Å². The number of benzene rings is 2. The number of fused-ring (bicyclic) bond motifs is 1. The van der Waals surface area contributed by atoms with E-state index in [0.29, 0.717) is 28.7 Å². The molecule has 0 radical (unpaired) electrons. The highest BCUT2D eigenvalue weighted by atomic mass is 35.5. The second kappa shape index (κ2) is 5.66. The van der Waals surface area contributed by atoms with Crippen LogP contribution in [0.25, 0.3) is 0 Å². The van der Waals surface area contributed by atoms with Crippen LogP contribution < -0.4 is 14.2 Å². The molecule has 0 bridgehead atoms. The molecule has 4 nitrogen and oxygen atoms in total. The lowest BCUT2D eigenvalue weighted by Crippen LogP contribution is -2.29. The maximum absolute atomic E-state index is 12.1. The van der Waals surface area contributed by atoms with Gasteiger partial charge in [0, 0.05) is 11.4 Å². The summed E-state index contributed by atoms with van der Waals surface area (Å²) in [5.41, 5.74) is 0.916. The summed E-state index contributed by atoms with van der Waals surface area (Å²) in [6.45, 7) is 0. The van der Waals surface area contributed by atoms with Gasteiger partial charge in [0.1, 0.15) is 17.2 Å². The molecule has 1 atom stereocenters. The minimum Gasteiger partial charge on any atom is -0.497 e. The van der Waals surface area contributed by atoms with Crippen molar-refractivity contribution in [1.82, 2.24) is 0 Å². The highest BCUT2D eigenvalue weighted by Gasteiger charge is 2.30. The van der Waals surface area contributed by atoms with E-state index in [-0.39, 0.29) is 0 Å². The number of rotatable bonds is 3. The molecular formula is C16H13ClO4. The quantitative estimate of drug-likeness (QED) is 0.645. The van der Waals surface area contributed by atoms with Crippen molar-refractivity contribution in [2.75, 3.05) is 7.11 Å². The van der Waals surface area contributed by atoms with Crippen molar-refractivity contribution in [2.24, 2.45) is 0 Å². The van der Waals surface area contributed by atoms with Gasteiger partial charge in [0.2, 0.25) is 0 Å². The standard InChI is InChI=1S/C16H13ClO4/c1-19-12-3-5-13(6-4-12)20-16(18)15-9-10-8-11(17)2-7-14(10)21-15/h2-8,15H,9H2,1H3. The van der Waals surface area contributed by atoms with Crippen molar-refractivity contribution in [3.63, 3.8) is 0 Å². The van der Waals surface area contributed by atoms with Crippen LogP contribution in [0.3, 0.4) is 0 Å². The summed E-state index contributed by atoms with van der Waals surface area (Å²) >= 11 is 5.93. The zero-order valence-corrected chi connectivity index (χ0v) is 12.1. The molecule has 2 aromatic carbocycles. The van der Waals surface area contributed by atoms with Crippen molar-refractivity contribution in [1.29, 1.82) is 0 Å². The molecule has 2 aromatic rings. The van der Waals surface area contributed by atoms with Gasteiger partial charge in [-0.1, -0.05) is 11.6 Å². The van der Waals surface area contributed by atoms with Crippen LogP contribution in [0.15, 0.2) is 42.5 Å². The van der Waals surface area contributed by atoms with Gasteiger partial charge in [-0.2, -0.15) is 0 Å². The van der Waals surface area contributed by atoms with E-state index in [9.17, 15) is 4.79 Å². The summed E-state index contributed by atoms with van der Waals surface area (Å²) in [7, 11) is 1.58. The highest BCUT2D eigenvalue weighted by molar-refractivity contribution is 6.30. The molecule has 0 saturated carbocycles. The average Bonchev–Trinajstić information content (AvgIpc) is 2.91. The second-order valence-electron chi connectivity index (χ2n) is 4.66. The van der Waals surface area contributed by atoms with Crippen LogP contribution >= 0.6 is 11.6 Å². The molecule has 1 heterocycles. The molecule has 5 heteroatoms. The van der Waals surface area contributed by atoms with Crippen molar-refractivity contribution in [3.05, 3.63) is 53.1 Å². The molecule has 3 rings (SSSR count). The third-order valence-corrected chi connectivity index (χ3v) is 3.47. The Morgan fingerprint density at radius 1 is 1.19 bits per heavy atom. The van der Waals surface area contributed by atoms with E-state index < -0.39 is 12.1 Å². The fraction of sp³-hybridized carbons (Fsp3) is 0.188. The number of esters is 1. The topological polar surface area (TPSA) is 44.8 Å². The lowest BCUT2D eigenvalue weighted by molar-refractivity contribution is -0.141. The van der Waals surface area contributed by atoms with E-state index in [1.807, 2.05) is 0 Å². The number of carbonyl (C=O) groups is 1. The van der Waals surface area contributed by atoms with Crippen LogP contribution in [-0.2, 0) is 11.2 Å². The first-order valence-corrected chi connectivity index (χ1v) is 6.84. The third kappa shape index (κ3) is 2.95. The van der Waals surface area contributed by atoms with E-state index in [1.165, 1.54) is 0 Å². The van der Waals surface area contributed by atoms with Crippen LogP contribution in [0.4, 0.5) is 0 Å². The lowest BCUT2D eigenvalue weighted by atomic mass is 10.1. The Balaban J connectivity index is 1.67. The number of carbonyl (C=O) groups excluding carboxylic acids is 1. The van der Waals surface area contributed by atoms with Gasteiger partial charge >= 0.3 is 5.97 Å². The molecule has 0 aliphatic carbocycles. The van der Waals surface area contributed by atoms with Gasteiger partial charge in [-0.05, 0) is 48.0 Å². The van der Waals surface area contributed by atoms with Crippen molar-refractivity contribution >= 4 is 17.6 Å². The van der Waals surface area contributed by atoms with Crippen LogP contribution in [-0.4, -0.2) is 19.2 Å². The lowest BCUT2D eigenvalue weighted by Gasteiger charge is -2.10. The Morgan fingerprint density at radius 2 is 1.90 bits per heavy atom. The van der Waals surface area contributed by atoms with Crippen LogP contribution in [0.2, 0.25) is 5.02 Å². The SMILES string of the molecule is COc1ccc(OC(=O)C2Cc3cc(Cl)ccc3O2)cc1. The molecule has 0 amide bonds. The monoisotopic (exact) mass is 304 g/mol. The molecule has 1 unspecified atom stereocenters. The third-order valence-electron chi connectivity index (χ3n) is 3.24. The molecule has 108 valence electrons. The van der Waals surface area contributed by atoms with E-state index in [2.05, 4.69) is 0 Å². The van der Waals surface area contributed by atoms with Crippen LogP contribution in [0, 0.1) is 0 Å². The number of halogens is 1. The highest BCUT2D eigenvalue weighted by Crippen LogP contribution is 2.31. The largest absolute Gasteiger partial charge is 0.497 e. The van der Waals surface area contributed by atoms with Gasteiger partial charge in [-0.3, -0.25) is 0 Å². The number of hydrogen-bond acceptors (Lipinski definition) is 4. The first-order valence-electron chi connectivity index (χ1n) is 6.46. The summed E-state index contributed by atoms with van der Waals surface area (Å²) < 4.78 is 15.9. The summed E-state index contributed by atoms with van der Waals surface area (Å²) in [5, 5.41) is 0.626. The van der Waals surface area contributed by atoms with Crippen molar-refractivity contribution in [3.8, 4) is 17.2 Å². The van der Waals surface area contributed by atoms with Crippen LogP contribution in [0.1, 0.15) is 5.56 Å². The molecular weight excluding hydrogens is 292 g/mol. The number of methoxy groups -OCH3 is 1.